The molecule has 42 heavy (non-hydrogen) atoms. The summed E-state index contributed by atoms with van der Waals surface area (Å²) in [5.74, 6) is 2.05. The van der Waals surface area contributed by atoms with Crippen molar-refractivity contribution in [3.05, 3.63) is 94.5 Å². The average molecular weight is 600 g/mol. The molecule has 7 nitrogen and oxygen atoms in total. The van der Waals surface area contributed by atoms with Gasteiger partial charge in [0.15, 0.2) is 11.5 Å². The van der Waals surface area contributed by atoms with Gasteiger partial charge >= 0.3 is 0 Å². The summed E-state index contributed by atoms with van der Waals surface area (Å²) in [7, 11) is 3.22. The molecule has 0 bridgehead atoms. The van der Waals surface area contributed by atoms with Crippen LogP contribution in [0.15, 0.2) is 77.8 Å². The monoisotopic (exact) mass is 599 g/mol. The van der Waals surface area contributed by atoms with Crippen LogP contribution in [-0.2, 0) is 11.2 Å². The Balaban J connectivity index is 1.44. The fourth-order valence-electron chi connectivity index (χ4n) is 4.72. The van der Waals surface area contributed by atoms with E-state index >= 15 is 0 Å². The number of carbonyl (C=O) groups is 1. The lowest BCUT2D eigenvalue weighted by Crippen LogP contribution is -2.30. The van der Waals surface area contributed by atoms with E-state index in [0.29, 0.717) is 33.7 Å². The molecule has 3 aromatic carbocycles. The van der Waals surface area contributed by atoms with Crippen LogP contribution in [0.1, 0.15) is 30.5 Å². The first-order chi connectivity index (χ1) is 20.3. The van der Waals surface area contributed by atoms with Gasteiger partial charge in [0.2, 0.25) is 0 Å². The van der Waals surface area contributed by atoms with Crippen molar-refractivity contribution in [2.45, 2.75) is 33.3 Å². The number of methoxy groups -OCH3 is 2. The number of thioether (sulfide) groups is 1. The van der Waals surface area contributed by atoms with Gasteiger partial charge in [-0.05, 0) is 86.9 Å². The van der Waals surface area contributed by atoms with Crippen LogP contribution in [0.2, 0.25) is 0 Å². The Bertz CT molecular complexity index is 1650. The Morgan fingerprint density at radius 3 is 2.40 bits per heavy atom. The van der Waals surface area contributed by atoms with Crippen molar-refractivity contribution >= 4 is 40.3 Å². The Kier molecular flexibility index (Phi) is 8.99. The van der Waals surface area contributed by atoms with Gasteiger partial charge in [0.25, 0.3) is 5.91 Å². The maximum atomic E-state index is 13.6. The van der Waals surface area contributed by atoms with E-state index < -0.39 is 0 Å². The number of hydrogen-bond donors (Lipinski definition) is 0. The first-order valence-electron chi connectivity index (χ1n) is 13.7. The number of rotatable bonds is 10. The molecule has 0 atom stereocenters. The van der Waals surface area contributed by atoms with E-state index in [1.54, 1.807) is 19.1 Å². The van der Waals surface area contributed by atoms with E-state index in [4.69, 9.17) is 31.5 Å². The standard InChI is InChI=1S/C33H33N3O4S2/c1-21(2)40-27-14-12-24(17-22(27)3)31-25(20-36(34-31)26-9-7-6-8-10-26)19-30-32(37)35(33(41)42-30)16-15-23-11-13-28(38-4)29(18-23)39-5/h6-14,17-21H,15-16H2,1-5H3. The van der Waals surface area contributed by atoms with Gasteiger partial charge in [0.1, 0.15) is 15.8 Å². The highest BCUT2D eigenvalue weighted by atomic mass is 32.2. The van der Waals surface area contributed by atoms with Crippen LogP contribution in [0.25, 0.3) is 23.0 Å². The minimum absolute atomic E-state index is 0.0797. The lowest BCUT2D eigenvalue weighted by molar-refractivity contribution is -0.122. The van der Waals surface area contributed by atoms with Crippen LogP contribution in [0.4, 0.5) is 0 Å². The lowest BCUT2D eigenvalue weighted by Gasteiger charge is -2.15. The lowest BCUT2D eigenvalue weighted by atomic mass is 10.0. The topological polar surface area (TPSA) is 65.8 Å². The zero-order valence-corrected chi connectivity index (χ0v) is 25.9. The first-order valence-corrected chi connectivity index (χ1v) is 14.9. The number of thiocarbonyl (C=S) groups is 1. The molecule has 216 valence electrons. The molecule has 0 N–H and O–H groups in total. The predicted molar refractivity (Wildman–Crippen MR) is 173 cm³/mol. The summed E-state index contributed by atoms with van der Waals surface area (Å²) < 4.78 is 19.1. The molecule has 0 saturated carbocycles. The smallest absolute Gasteiger partial charge is 0.266 e. The minimum Gasteiger partial charge on any atom is -0.493 e. The van der Waals surface area contributed by atoms with Gasteiger partial charge in [-0.2, -0.15) is 5.10 Å². The number of nitrogens with zero attached hydrogens (tertiary/aromatic N) is 3. The van der Waals surface area contributed by atoms with Crippen LogP contribution in [0.3, 0.4) is 0 Å². The fraction of sp³-hybridized carbons (Fsp3) is 0.242. The quantitative estimate of drug-likeness (QED) is 0.142. The van der Waals surface area contributed by atoms with Crippen LogP contribution in [0, 0.1) is 6.92 Å². The summed E-state index contributed by atoms with van der Waals surface area (Å²) in [5.41, 5.74) is 5.51. The fourth-order valence-corrected chi connectivity index (χ4v) is 6.02. The van der Waals surface area contributed by atoms with Crippen molar-refractivity contribution < 1.29 is 19.0 Å². The second-order valence-electron chi connectivity index (χ2n) is 10.1. The Morgan fingerprint density at radius 1 is 0.976 bits per heavy atom. The highest BCUT2D eigenvalue weighted by Crippen LogP contribution is 2.36. The van der Waals surface area contributed by atoms with Gasteiger partial charge in [-0.25, -0.2) is 4.68 Å². The number of benzene rings is 3. The van der Waals surface area contributed by atoms with Gasteiger partial charge in [-0.1, -0.05) is 48.2 Å². The van der Waals surface area contributed by atoms with Gasteiger partial charge in [0.05, 0.1) is 30.9 Å². The minimum atomic E-state index is -0.110. The summed E-state index contributed by atoms with van der Waals surface area (Å²) in [6.45, 7) is 6.51. The number of aryl methyl sites for hydroxylation is 1. The molecule has 0 radical (unpaired) electrons. The summed E-state index contributed by atoms with van der Waals surface area (Å²) in [6, 6.07) is 21.7. The Hall–Kier alpha value is -4.08. The van der Waals surface area contributed by atoms with Crippen molar-refractivity contribution in [3.8, 4) is 34.2 Å². The second kappa shape index (κ2) is 12.8. The summed E-state index contributed by atoms with van der Waals surface area (Å²) in [4.78, 5) is 15.8. The third-order valence-corrected chi connectivity index (χ3v) is 8.18. The van der Waals surface area contributed by atoms with E-state index in [1.165, 1.54) is 11.8 Å². The van der Waals surface area contributed by atoms with Crippen molar-refractivity contribution in [2.24, 2.45) is 0 Å². The molecule has 0 aliphatic carbocycles. The van der Waals surface area contributed by atoms with Gasteiger partial charge in [-0.15, -0.1) is 0 Å². The molecule has 1 aromatic heterocycles. The summed E-state index contributed by atoms with van der Waals surface area (Å²) >= 11 is 6.95. The number of ether oxygens (including phenoxy) is 3. The van der Waals surface area contributed by atoms with E-state index in [1.807, 2.05) is 98.4 Å². The van der Waals surface area contributed by atoms with Crippen LogP contribution in [-0.4, -0.2) is 51.8 Å². The molecule has 5 rings (SSSR count). The molecular formula is C33H33N3O4S2. The van der Waals surface area contributed by atoms with Gasteiger partial charge in [-0.3, -0.25) is 9.69 Å². The number of carbonyl (C=O) groups excluding carboxylic acids is 1. The normalized spacial score (nSPS) is 14.2. The number of amides is 1. The number of hydrogen-bond acceptors (Lipinski definition) is 7. The molecular weight excluding hydrogens is 567 g/mol. The Morgan fingerprint density at radius 2 is 1.71 bits per heavy atom. The SMILES string of the molecule is COc1ccc(CCN2C(=O)C(=Cc3cn(-c4ccccc4)nc3-c3ccc(OC(C)C)c(C)c3)SC2=S)cc1OC. The third-order valence-electron chi connectivity index (χ3n) is 6.81. The van der Waals surface area contributed by atoms with E-state index in [0.717, 1.165) is 39.4 Å². The molecule has 4 aromatic rings. The highest BCUT2D eigenvalue weighted by molar-refractivity contribution is 8.26. The summed E-state index contributed by atoms with van der Waals surface area (Å²) in [6.07, 6.45) is 4.55. The van der Waals surface area contributed by atoms with Crippen molar-refractivity contribution in [3.63, 3.8) is 0 Å². The largest absolute Gasteiger partial charge is 0.493 e. The highest BCUT2D eigenvalue weighted by Gasteiger charge is 2.32. The average Bonchev–Trinajstić information content (AvgIpc) is 3.53. The molecule has 1 saturated heterocycles. The molecule has 1 aliphatic rings. The zero-order chi connectivity index (χ0) is 29.8. The molecule has 1 aliphatic heterocycles. The number of para-hydroxylation sites is 1. The number of aromatic nitrogens is 2. The van der Waals surface area contributed by atoms with Crippen molar-refractivity contribution in [1.29, 1.82) is 0 Å². The van der Waals surface area contributed by atoms with E-state index in [2.05, 4.69) is 6.07 Å². The predicted octanol–water partition coefficient (Wildman–Crippen LogP) is 7.10. The van der Waals surface area contributed by atoms with Crippen LogP contribution >= 0.6 is 24.0 Å². The molecule has 9 heteroatoms. The maximum Gasteiger partial charge on any atom is 0.266 e. The van der Waals surface area contributed by atoms with Crippen LogP contribution in [0.5, 0.6) is 17.2 Å². The molecule has 0 spiro atoms. The summed E-state index contributed by atoms with van der Waals surface area (Å²) in [5, 5.41) is 4.94. The van der Waals surface area contributed by atoms with E-state index in [9.17, 15) is 4.79 Å². The second-order valence-corrected chi connectivity index (χ2v) is 11.8. The molecule has 0 unspecified atom stereocenters. The molecule has 1 amide bonds. The third kappa shape index (κ3) is 6.37. The van der Waals surface area contributed by atoms with Crippen molar-refractivity contribution in [1.82, 2.24) is 14.7 Å². The maximum absolute atomic E-state index is 13.6. The van der Waals surface area contributed by atoms with Gasteiger partial charge < -0.3 is 14.2 Å². The first kappa shape index (κ1) is 29.4. The zero-order valence-electron chi connectivity index (χ0n) is 24.3. The molecule has 2 heterocycles. The van der Waals surface area contributed by atoms with E-state index in [-0.39, 0.29) is 12.0 Å². The van der Waals surface area contributed by atoms with Crippen LogP contribution < -0.4 is 14.2 Å². The Labute approximate surface area is 256 Å². The van der Waals surface area contributed by atoms with Crippen molar-refractivity contribution in [2.75, 3.05) is 20.8 Å². The molecule has 1 fully saturated rings. The van der Waals surface area contributed by atoms with Gasteiger partial charge in [0, 0.05) is 23.9 Å².